The molecule has 2 heterocycles. The first-order valence-electron chi connectivity index (χ1n) is 11.6. The van der Waals surface area contributed by atoms with Gasteiger partial charge in [-0.3, -0.25) is 18.8 Å². The van der Waals surface area contributed by atoms with Crippen molar-refractivity contribution in [1.29, 1.82) is 0 Å². The van der Waals surface area contributed by atoms with Crippen LogP contribution in [0.4, 0.5) is 5.69 Å². The zero-order chi connectivity index (χ0) is 25.0. The number of nitrogens with one attached hydrogen (secondary N) is 2. The van der Waals surface area contributed by atoms with Gasteiger partial charge in [-0.15, -0.1) is 0 Å². The van der Waals surface area contributed by atoms with Gasteiger partial charge in [0.05, 0.1) is 23.8 Å². The number of H-pyrrole nitrogens is 1. The summed E-state index contributed by atoms with van der Waals surface area (Å²) in [6.45, 7) is 7.89. The molecule has 0 radical (unpaired) electrons. The topological polar surface area (TPSA) is 112 Å². The number of carbonyl (C=O) groups is 1. The number of fused-ring (bicyclic) bond motifs is 1. The molecule has 10 heteroatoms. The van der Waals surface area contributed by atoms with Crippen LogP contribution in [0.2, 0.25) is 0 Å². The first kappa shape index (κ1) is 24.9. The van der Waals surface area contributed by atoms with Gasteiger partial charge in [0.25, 0.3) is 15.9 Å². The van der Waals surface area contributed by atoms with Gasteiger partial charge >= 0.3 is 0 Å². The molecule has 0 spiro atoms. The minimum absolute atomic E-state index is 0.0104. The van der Waals surface area contributed by atoms with Crippen LogP contribution in [0, 0.1) is 6.92 Å². The second-order valence-electron chi connectivity index (χ2n) is 8.46. The highest BCUT2D eigenvalue weighted by Gasteiger charge is 2.25. The predicted octanol–water partition coefficient (Wildman–Crippen LogP) is 2.11. The molecule has 1 amide bonds. The van der Waals surface area contributed by atoms with Crippen molar-refractivity contribution in [3.8, 4) is 0 Å². The fraction of sp³-hybridized carbons (Fsp3) is 0.360. The zero-order valence-electron chi connectivity index (χ0n) is 19.9. The Hall–Kier alpha value is -3.21. The second kappa shape index (κ2) is 10.6. The molecule has 1 aromatic heterocycles. The van der Waals surface area contributed by atoms with E-state index in [1.807, 2.05) is 13.0 Å². The number of aromatic nitrogens is 1. The Morgan fingerprint density at radius 2 is 1.94 bits per heavy atom. The Kier molecular flexibility index (Phi) is 7.54. The van der Waals surface area contributed by atoms with Crippen LogP contribution in [0.25, 0.3) is 10.9 Å². The Labute approximate surface area is 204 Å². The molecule has 1 aliphatic heterocycles. The van der Waals surface area contributed by atoms with Crippen molar-refractivity contribution in [3.63, 3.8) is 0 Å². The van der Waals surface area contributed by atoms with Crippen LogP contribution in [-0.4, -0.2) is 70.1 Å². The minimum atomic E-state index is -3.92. The summed E-state index contributed by atoms with van der Waals surface area (Å²) in [5.74, 6) is -0.496. The number of rotatable bonds is 8. The van der Waals surface area contributed by atoms with Gasteiger partial charge < -0.3 is 15.0 Å². The summed E-state index contributed by atoms with van der Waals surface area (Å²) >= 11 is 0. The van der Waals surface area contributed by atoms with Gasteiger partial charge in [-0.25, -0.2) is 8.42 Å². The number of nitrogens with zero attached hydrogens (tertiary/aromatic N) is 2. The number of carbonyl (C=O) groups excluding carboxylic acids is 1. The molecule has 4 rings (SSSR count). The lowest BCUT2D eigenvalue weighted by molar-refractivity contribution is 0.0383. The normalized spacial score (nSPS) is 14.7. The van der Waals surface area contributed by atoms with Crippen LogP contribution in [0.5, 0.6) is 0 Å². The van der Waals surface area contributed by atoms with Gasteiger partial charge in [-0.05, 0) is 49.7 Å². The van der Waals surface area contributed by atoms with E-state index < -0.39 is 21.4 Å². The largest absolute Gasteiger partial charge is 0.379 e. The van der Waals surface area contributed by atoms with E-state index in [1.165, 1.54) is 22.6 Å². The average molecular weight is 499 g/mol. The van der Waals surface area contributed by atoms with Crippen molar-refractivity contribution < 1.29 is 17.9 Å². The van der Waals surface area contributed by atoms with Crippen molar-refractivity contribution in [2.75, 3.05) is 50.2 Å². The summed E-state index contributed by atoms with van der Waals surface area (Å²) in [5.41, 5.74) is 1.38. The number of anilines is 1. The summed E-state index contributed by atoms with van der Waals surface area (Å²) in [6.07, 6.45) is 1.37. The van der Waals surface area contributed by atoms with Crippen LogP contribution in [0.3, 0.4) is 0 Å². The Bertz CT molecular complexity index is 1380. The smallest absolute Gasteiger partial charge is 0.264 e. The number of hydrogen-bond acceptors (Lipinski definition) is 6. The minimum Gasteiger partial charge on any atom is -0.379 e. The van der Waals surface area contributed by atoms with Gasteiger partial charge in [-0.1, -0.05) is 12.1 Å². The Balaban J connectivity index is 1.59. The third kappa shape index (κ3) is 5.39. The van der Waals surface area contributed by atoms with Crippen LogP contribution in [-0.2, 0) is 14.8 Å². The van der Waals surface area contributed by atoms with Crippen LogP contribution in [0.1, 0.15) is 22.8 Å². The Morgan fingerprint density at radius 3 is 2.66 bits per heavy atom. The van der Waals surface area contributed by atoms with E-state index >= 15 is 0 Å². The van der Waals surface area contributed by atoms with Crippen molar-refractivity contribution in [2.45, 2.75) is 18.7 Å². The van der Waals surface area contributed by atoms with E-state index in [4.69, 9.17) is 4.74 Å². The lowest BCUT2D eigenvalue weighted by atomic mass is 10.1. The number of hydrogen-bond donors (Lipinski definition) is 2. The molecule has 186 valence electrons. The molecule has 1 saturated heterocycles. The number of benzene rings is 2. The molecule has 2 aromatic carbocycles. The molecule has 0 unspecified atom stereocenters. The molecule has 0 saturated carbocycles. The standard InChI is InChI=1S/C25H30N4O5S/c1-3-29(19-6-4-5-18(2)15-19)35(32,33)20-7-8-23-21(16-20)24(30)22(17-27-23)25(31)26-9-10-28-11-13-34-14-12-28/h4-8,15-17H,3,9-14H2,1-2H3,(H,26,31)(H,27,30). The third-order valence-corrected chi connectivity index (χ3v) is 7.98. The highest BCUT2D eigenvalue weighted by atomic mass is 32.2. The number of morpholine rings is 1. The molecule has 1 fully saturated rings. The van der Waals surface area contributed by atoms with Gasteiger partial charge in [0.15, 0.2) is 0 Å². The summed E-state index contributed by atoms with van der Waals surface area (Å²) < 4.78 is 33.5. The monoisotopic (exact) mass is 498 g/mol. The second-order valence-corrected chi connectivity index (χ2v) is 10.3. The number of aryl methyl sites for hydroxylation is 1. The van der Waals surface area contributed by atoms with E-state index in [1.54, 1.807) is 31.2 Å². The zero-order valence-corrected chi connectivity index (χ0v) is 20.7. The van der Waals surface area contributed by atoms with Gasteiger partial charge in [0, 0.05) is 49.8 Å². The highest BCUT2D eigenvalue weighted by Crippen LogP contribution is 2.25. The third-order valence-electron chi connectivity index (χ3n) is 6.08. The van der Waals surface area contributed by atoms with Crippen LogP contribution < -0.4 is 15.1 Å². The van der Waals surface area contributed by atoms with Crippen molar-refractivity contribution in [1.82, 2.24) is 15.2 Å². The fourth-order valence-electron chi connectivity index (χ4n) is 4.18. The van der Waals surface area contributed by atoms with E-state index in [9.17, 15) is 18.0 Å². The lowest BCUT2D eigenvalue weighted by Gasteiger charge is -2.26. The number of aromatic amines is 1. The maximum Gasteiger partial charge on any atom is 0.264 e. The Morgan fingerprint density at radius 1 is 1.17 bits per heavy atom. The summed E-state index contributed by atoms with van der Waals surface area (Å²) in [5, 5.41) is 2.93. The quantitative estimate of drug-likeness (QED) is 0.492. The van der Waals surface area contributed by atoms with E-state index in [0.29, 0.717) is 37.5 Å². The van der Waals surface area contributed by atoms with Gasteiger partial charge in [0.1, 0.15) is 5.56 Å². The number of sulfonamides is 1. The van der Waals surface area contributed by atoms with Crippen molar-refractivity contribution in [3.05, 3.63) is 70.0 Å². The maximum atomic E-state index is 13.5. The number of pyridine rings is 1. The molecule has 0 atom stereocenters. The SMILES string of the molecule is CCN(c1cccc(C)c1)S(=O)(=O)c1ccc2[nH]cc(C(=O)NCCN3CCOCC3)c(=O)c2c1. The molecule has 0 aliphatic carbocycles. The van der Waals surface area contributed by atoms with E-state index in [2.05, 4.69) is 15.2 Å². The summed E-state index contributed by atoms with van der Waals surface area (Å²) in [6, 6.07) is 11.6. The first-order chi connectivity index (χ1) is 16.8. The molecular weight excluding hydrogens is 468 g/mol. The maximum absolute atomic E-state index is 13.5. The van der Waals surface area contributed by atoms with Gasteiger partial charge in [0.2, 0.25) is 5.43 Å². The number of amides is 1. The molecule has 9 nitrogen and oxygen atoms in total. The van der Waals surface area contributed by atoms with E-state index in [-0.39, 0.29) is 22.4 Å². The molecule has 1 aliphatic rings. The van der Waals surface area contributed by atoms with Crippen LogP contribution in [0.15, 0.2) is 58.4 Å². The summed E-state index contributed by atoms with van der Waals surface area (Å²) in [7, 11) is -3.92. The van der Waals surface area contributed by atoms with Crippen molar-refractivity contribution >= 4 is 32.5 Å². The molecule has 3 aromatic rings. The van der Waals surface area contributed by atoms with Gasteiger partial charge in [-0.2, -0.15) is 0 Å². The van der Waals surface area contributed by atoms with E-state index in [0.717, 1.165) is 18.7 Å². The molecular formula is C25H30N4O5S. The number of ether oxygens (including phenoxy) is 1. The first-order valence-corrected chi connectivity index (χ1v) is 13.1. The summed E-state index contributed by atoms with van der Waals surface area (Å²) in [4.78, 5) is 31.0. The fourth-order valence-corrected chi connectivity index (χ4v) is 5.67. The highest BCUT2D eigenvalue weighted by molar-refractivity contribution is 7.92. The molecule has 2 N–H and O–H groups in total. The molecule has 0 bridgehead atoms. The average Bonchev–Trinajstić information content (AvgIpc) is 2.85. The molecule has 35 heavy (non-hydrogen) atoms. The van der Waals surface area contributed by atoms with Crippen LogP contribution >= 0.6 is 0 Å². The predicted molar refractivity (Wildman–Crippen MR) is 136 cm³/mol. The van der Waals surface area contributed by atoms with Crippen molar-refractivity contribution in [2.24, 2.45) is 0 Å². The lowest BCUT2D eigenvalue weighted by Crippen LogP contribution is -2.41.